The zero-order valence-corrected chi connectivity index (χ0v) is 18.2. The van der Waals surface area contributed by atoms with Crippen molar-refractivity contribution < 1.29 is 14.3 Å². The standard InChI is InChI=1S/C28H28O3/c1-19-25(21-10-6-4-7-11-21)26(22-12-8-5-9-13-22)28(2,27(19)30)18-24(29)20-14-16-23(31-3)17-15-20/h4-17,19,25-26H,18H2,1-3H3/t19-,25+,26+,28-/m0/s1. The van der Waals surface area contributed by atoms with Crippen LogP contribution in [0.4, 0.5) is 0 Å². The van der Waals surface area contributed by atoms with Gasteiger partial charge >= 0.3 is 0 Å². The summed E-state index contributed by atoms with van der Waals surface area (Å²) in [5.74, 6) is 0.656. The van der Waals surface area contributed by atoms with Crippen LogP contribution in [0, 0.1) is 11.3 Å². The Labute approximate surface area is 184 Å². The van der Waals surface area contributed by atoms with Crippen LogP contribution in [-0.2, 0) is 4.79 Å². The van der Waals surface area contributed by atoms with E-state index in [2.05, 4.69) is 24.3 Å². The molecule has 3 nitrogen and oxygen atoms in total. The smallest absolute Gasteiger partial charge is 0.163 e. The lowest BCUT2D eigenvalue weighted by molar-refractivity contribution is -0.128. The third-order valence-electron chi connectivity index (χ3n) is 6.84. The molecule has 0 bridgehead atoms. The predicted octanol–water partition coefficient (Wildman–Crippen LogP) is 6.06. The lowest BCUT2D eigenvalue weighted by Crippen LogP contribution is -2.32. The minimum absolute atomic E-state index is 0.0136. The van der Waals surface area contributed by atoms with Crippen molar-refractivity contribution in [3.05, 3.63) is 102 Å². The monoisotopic (exact) mass is 412 g/mol. The van der Waals surface area contributed by atoms with Crippen LogP contribution in [0.5, 0.6) is 5.75 Å². The highest BCUT2D eigenvalue weighted by atomic mass is 16.5. The summed E-state index contributed by atoms with van der Waals surface area (Å²) in [5.41, 5.74) is 2.09. The molecule has 158 valence electrons. The summed E-state index contributed by atoms with van der Waals surface area (Å²) in [6.45, 7) is 3.99. The molecule has 31 heavy (non-hydrogen) atoms. The first-order valence-electron chi connectivity index (χ1n) is 10.8. The summed E-state index contributed by atoms with van der Waals surface area (Å²) in [6.07, 6.45) is 0.186. The summed E-state index contributed by atoms with van der Waals surface area (Å²) in [5, 5.41) is 0. The molecule has 0 N–H and O–H groups in total. The maximum absolute atomic E-state index is 13.7. The van der Waals surface area contributed by atoms with Crippen LogP contribution in [-0.4, -0.2) is 18.7 Å². The van der Waals surface area contributed by atoms with Gasteiger partial charge in [-0.1, -0.05) is 74.5 Å². The molecule has 1 saturated carbocycles. The first kappa shape index (κ1) is 21.0. The number of ether oxygens (including phenoxy) is 1. The molecule has 4 atom stereocenters. The summed E-state index contributed by atoms with van der Waals surface area (Å²) < 4.78 is 5.21. The van der Waals surface area contributed by atoms with Gasteiger partial charge in [-0.05, 0) is 35.4 Å². The fourth-order valence-corrected chi connectivity index (χ4v) is 5.32. The number of hydrogen-bond donors (Lipinski definition) is 0. The van der Waals surface area contributed by atoms with E-state index in [1.54, 1.807) is 31.4 Å². The van der Waals surface area contributed by atoms with E-state index in [0.717, 1.165) is 11.1 Å². The van der Waals surface area contributed by atoms with E-state index in [9.17, 15) is 9.59 Å². The Hall–Kier alpha value is -3.20. The fraction of sp³-hybridized carbons (Fsp3) is 0.286. The number of carbonyl (C=O) groups is 2. The van der Waals surface area contributed by atoms with Gasteiger partial charge in [0.1, 0.15) is 11.5 Å². The number of ketones is 2. The van der Waals surface area contributed by atoms with Gasteiger partial charge in [0.25, 0.3) is 0 Å². The topological polar surface area (TPSA) is 43.4 Å². The molecule has 0 unspecified atom stereocenters. The first-order chi connectivity index (χ1) is 15.0. The molecule has 0 aliphatic heterocycles. The maximum Gasteiger partial charge on any atom is 0.163 e. The van der Waals surface area contributed by atoms with Crippen molar-refractivity contribution in [2.45, 2.75) is 32.1 Å². The summed E-state index contributed by atoms with van der Waals surface area (Å²) in [6, 6.07) is 27.5. The molecule has 0 heterocycles. The molecule has 1 aliphatic carbocycles. The van der Waals surface area contributed by atoms with Crippen LogP contribution in [0.2, 0.25) is 0 Å². The highest BCUT2D eigenvalue weighted by Gasteiger charge is 2.57. The van der Waals surface area contributed by atoms with Crippen LogP contribution < -0.4 is 4.74 Å². The zero-order valence-electron chi connectivity index (χ0n) is 18.2. The van der Waals surface area contributed by atoms with E-state index in [1.165, 1.54) is 0 Å². The summed E-state index contributed by atoms with van der Waals surface area (Å²) in [4.78, 5) is 27.0. The van der Waals surface area contributed by atoms with Crippen molar-refractivity contribution in [3.63, 3.8) is 0 Å². The van der Waals surface area contributed by atoms with Gasteiger partial charge in [-0.2, -0.15) is 0 Å². The number of carbonyl (C=O) groups excluding carboxylic acids is 2. The van der Waals surface area contributed by atoms with Crippen molar-refractivity contribution in [1.29, 1.82) is 0 Å². The van der Waals surface area contributed by atoms with Gasteiger partial charge in [-0.15, -0.1) is 0 Å². The number of benzene rings is 3. The van der Waals surface area contributed by atoms with E-state index >= 15 is 0 Å². The van der Waals surface area contributed by atoms with Crippen molar-refractivity contribution in [2.75, 3.05) is 7.11 Å². The lowest BCUT2D eigenvalue weighted by atomic mass is 9.68. The van der Waals surface area contributed by atoms with Crippen LogP contribution >= 0.6 is 0 Å². The number of Topliss-reactive ketones (excluding diaryl/α,β-unsaturated/α-hetero) is 2. The fourth-order valence-electron chi connectivity index (χ4n) is 5.32. The highest BCUT2D eigenvalue weighted by molar-refractivity contribution is 6.02. The first-order valence-corrected chi connectivity index (χ1v) is 10.8. The average Bonchev–Trinajstić information content (AvgIpc) is 3.01. The second kappa shape index (κ2) is 8.50. The Morgan fingerprint density at radius 2 is 1.42 bits per heavy atom. The molecular weight excluding hydrogens is 384 g/mol. The minimum atomic E-state index is -0.779. The van der Waals surface area contributed by atoms with Gasteiger partial charge in [0, 0.05) is 35.2 Å². The minimum Gasteiger partial charge on any atom is -0.497 e. The second-order valence-corrected chi connectivity index (χ2v) is 8.72. The highest BCUT2D eigenvalue weighted by Crippen LogP contribution is 2.59. The quantitative estimate of drug-likeness (QED) is 0.462. The number of rotatable bonds is 6. The van der Waals surface area contributed by atoms with Crippen molar-refractivity contribution in [3.8, 4) is 5.75 Å². The van der Waals surface area contributed by atoms with E-state index in [-0.39, 0.29) is 35.7 Å². The van der Waals surface area contributed by atoms with Crippen molar-refractivity contribution in [2.24, 2.45) is 11.3 Å². The van der Waals surface area contributed by atoms with Gasteiger partial charge in [0.2, 0.25) is 0 Å². The SMILES string of the molecule is COc1ccc(C(=O)C[C@]2(C)C(=O)[C@@H](C)[C@H](c3ccccc3)[C@H]2c2ccccc2)cc1. The van der Waals surface area contributed by atoms with E-state index in [1.807, 2.05) is 50.2 Å². The molecule has 0 spiro atoms. The predicted molar refractivity (Wildman–Crippen MR) is 123 cm³/mol. The van der Waals surface area contributed by atoms with Crippen molar-refractivity contribution in [1.82, 2.24) is 0 Å². The Morgan fingerprint density at radius 1 is 0.871 bits per heavy atom. The van der Waals surface area contributed by atoms with E-state index in [4.69, 9.17) is 4.74 Å². The molecule has 3 heteroatoms. The lowest BCUT2D eigenvalue weighted by Gasteiger charge is -2.33. The van der Waals surface area contributed by atoms with Gasteiger partial charge < -0.3 is 4.74 Å². The van der Waals surface area contributed by atoms with Crippen LogP contribution in [0.3, 0.4) is 0 Å². The summed E-state index contributed by atoms with van der Waals surface area (Å²) in [7, 11) is 1.60. The molecule has 0 aromatic heterocycles. The molecule has 1 aliphatic rings. The van der Waals surface area contributed by atoms with E-state index < -0.39 is 5.41 Å². The van der Waals surface area contributed by atoms with Gasteiger partial charge in [0.05, 0.1) is 7.11 Å². The average molecular weight is 413 g/mol. The summed E-state index contributed by atoms with van der Waals surface area (Å²) >= 11 is 0. The molecule has 3 aromatic carbocycles. The van der Waals surface area contributed by atoms with Crippen LogP contribution in [0.25, 0.3) is 0 Å². The van der Waals surface area contributed by atoms with Crippen molar-refractivity contribution >= 4 is 11.6 Å². The molecule has 3 aromatic rings. The molecule has 4 rings (SSSR count). The third kappa shape index (κ3) is 3.81. The third-order valence-corrected chi connectivity index (χ3v) is 6.84. The van der Waals surface area contributed by atoms with Gasteiger partial charge in [0.15, 0.2) is 5.78 Å². The molecule has 0 saturated heterocycles. The molecule has 0 radical (unpaired) electrons. The van der Waals surface area contributed by atoms with E-state index in [0.29, 0.717) is 11.3 Å². The molecule has 0 amide bonds. The number of methoxy groups -OCH3 is 1. The van der Waals surface area contributed by atoms with Gasteiger partial charge in [-0.25, -0.2) is 0 Å². The number of hydrogen-bond acceptors (Lipinski definition) is 3. The normalized spacial score (nSPS) is 25.4. The Morgan fingerprint density at radius 3 is 1.97 bits per heavy atom. The van der Waals surface area contributed by atoms with Crippen LogP contribution in [0.15, 0.2) is 84.9 Å². The Bertz CT molecular complexity index is 1060. The zero-order chi connectivity index (χ0) is 22.0. The molecule has 1 fully saturated rings. The molecular formula is C28H28O3. The van der Waals surface area contributed by atoms with Crippen LogP contribution in [0.1, 0.15) is 53.6 Å². The largest absolute Gasteiger partial charge is 0.497 e. The Kier molecular flexibility index (Phi) is 5.77. The maximum atomic E-state index is 13.7. The van der Waals surface area contributed by atoms with Gasteiger partial charge in [-0.3, -0.25) is 9.59 Å². The second-order valence-electron chi connectivity index (χ2n) is 8.72. The Balaban J connectivity index is 1.76.